The van der Waals surface area contributed by atoms with Crippen LogP contribution in [0.5, 0.6) is 5.75 Å². The summed E-state index contributed by atoms with van der Waals surface area (Å²) in [6.45, 7) is 1.78. The van der Waals surface area contributed by atoms with Crippen molar-refractivity contribution in [3.63, 3.8) is 0 Å². The third-order valence-electron chi connectivity index (χ3n) is 6.77. The number of thiophene rings is 1. The fourth-order valence-electron chi connectivity index (χ4n) is 4.96. The Kier molecular flexibility index (Phi) is 5.58. The predicted octanol–water partition coefficient (Wildman–Crippen LogP) is 3.76. The van der Waals surface area contributed by atoms with Crippen molar-refractivity contribution < 1.29 is 9.84 Å². The molecule has 2 bridgehead atoms. The molecule has 5 rings (SSSR count). The highest BCUT2D eigenvalue weighted by Gasteiger charge is 2.39. The molecule has 2 aromatic heterocycles. The highest BCUT2D eigenvalue weighted by Crippen LogP contribution is 2.36. The molecule has 1 aromatic carbocycles. The number of hydrogen-bond acceptors (Lipinski definition) is 6. The number of fused-ring (bicyclic) bond motifs is 3. The van der Waals surface area contributed by atoms with Crippen molar-refractivity contribution in [1.29, 1.82) is 0 Å². The first-order chi connectivity index (χ1) is 15.0. The Bertz CT molecular complexity index is 1110. The molecule has 2 aliphatic rings. The lowest BCUT2D eigenvalue weighted by Gasteiger charge is -2.36. The van der Waals surface area contributed by atoms with Crippen LogP contribution in [0.25, 0.3) is 15.9 Å². The van der Waals surface area contributed by atoms with Crippen molar-refractivity contribution >= 4 is 21.6 Å². The molecule has 2 aliphatic heterocycles. The number of aliphatic hydroxyl groups excluding tert-OH is 1. The van der Waals surface area contributed by atoms with Gasteiger partial charge in [-0.15, -0.1) is 11.3 Å². The Hall–Kier alpha value is -2.22. The number of hydrogen-bond donors (Lipinski definition) is 1. The van der Waals surface area contributed by atoms with Crippen LogP contribution in [-0.4, -0.2) is 50.9 Å². The van der Waals surface area contributed by atoms with E-state index >= 15 is 0 Å². The van der Waals surface area contributed by atoms with Gasteiger partial charge in [0.25, 0.3) is 5.56 Å². The average molecular weight is 440 g/mol. The van der Waals surface area contributed by atoms with Gasteiger partial charge in [0, 0.05) is 17.0 Å². The normalized spacial score (nSPS) is 24.5. The molecule has 0 saturated carbocycles. The number of aromatic nitrogens is 2. The summed E-state index contributed by atoms with van der Waals surface area (Å²) < 4.78 is 8.53. The Morgan fingerprint density at radius 2 is 1.94 bits per heavy atom. The monoisotopic (exact) mass is 439 g/mol. The summed E-state index contributed by atoms with van der Waals surface area (Å²) >= 11 is 1.47. The third kappa shape index (κ3) is 4.14. The van der Waals surface area contributed by atoms with Gasteiger partial charge in [0.2, 0.25) is 0 Å². The molecule has 4 atom stereocenters. The van der Waals surface area contributed by atoms with Crippen LogP contribution in [-0.2, 0) is 6.42 Å². The summed E-state index contributed by atoms with van der Waals surface area (Å²) in [5, 5.41) is 9.51. The summed E-state index contributed by atoms with van der Waals surface area (Å²) in [7, 11) is 2.24. The van der Waals surface area contributed by atoms with E-state index in [1.165, 1.54) is 24.2 Å². The summed E-state index contributed by atoms with van der Waals surface area (Å²) in [5.74, 6) is 0.858. The van der Waals surface area contributed by atoms with Gasteiger partial charge in [0.05, 0.1) is 17.3 Å². The minimum absolute atomic E-state index is 0.0566. The zero-order valence-corrected chi connectivity index (χ0v) is 18.8. The van der Waals surface area contributed by atoms with Crippen LogP contribution < -0.4 is 10.3 Å². The van der Waals surface area contributed by atoms with Gasteiger partial charge in [-0.2, -0.15) is 0 Å². The standard InChI is InChI=1S/C24H29N3O3S/c1-15(28)3-10-21-13-22-23(31-21)24(29)27(14-25-22)16-6-8-19(9-7-16)30-20-11-17-4-5-18(12-20)26(17)2/h6-9,13-15,17-18,20,28H,3-5,10-12H2,1-2H3/t15?,17-,18+,20+. The van der Waals surface area contributed by atoms with Crippen LogP contribution in [0.3, 0.4) is 0 Å². The molecule has 7 heteroatoms. The number of piperidine rings is 1. The number of aliphatic hydroxyl groups is 1. The van der Waals surface area contributed by atoms with E-state index < -0.39 is 0 Å². The average Bonchev–Trinajstić information content (AvgIpc) is 3.25. The zero-order valence-electron chi connectivity index (χ0n) is 18.0. The van der Waals surface area contributed by atoms with Crippen molar-refractivity contribution in [2.45, 2.75) is 69.7 Å². The highest BCUT2D eigenvalue weighted by atomic mass is 32.1. The van der Waals surface area contributed by atoms with Crippen molar-refractivity contribution in [3.8, 4) is 11.4 Å². The Morgan fingerprint density at radius 1 is 1.23 bits per heavy atom. The van der Waals surface area contributed by atoms with Gasteiger partial charge < -0.3 is 14.7 Å². The van der Waals surface area contributed by atoms with Gasteiger partial charge in [0.1, 0.15) is 22.9 Å². The van der Waals surface area contributed by atoms with E-state index in [9.17, 15) is 9.90 Å². The number of aryl methyl sites for hydroxylation is 1. The lowest BCUT2D eigenvalue weighted by molar-refractivity contribution is 0.0662. The van der Waals surface area contributed by atoms with Crippen LogP contribution in [0.15, 0.2) is 41.5 Å². The second-order valence-electron chi connectivity index (χ2n) is 8.99. The van der Waals surface area contributed by atoms with Gasteiger partial charge in [0.15, 0.2) is 0 Å². The maximum absolute atomic E-state index is 13.0. The lowest BCUT2D eigenvalue weighted by atomic mass is 10.0. The lowest BCUT2D eigenvalue weighted by Crippen LogP contribution is -2.43. The van der Waals surface area contributed by atoms with Crippen molar-refractivity contribution in [1.82, 2.24) is 14.5 Å². The third-order valence-corrected chi connectivity index (χ3v) is 7.94. The van der Waals surface area contributed by atoms with Crippen molar-refractivity contribution in [2.24, 2.45) is 0 Å². The molecule has 2 saturated heterocycles. The molecular weight excluding hydrogens is 410 g/mol. The van der Waals surface area contributed by atoms with Crippen molar-refractivity contribution in [2.75, 3.05) is 7.05 Å². The van der Waals surface area contributed by atoms with E-state index in [4.69, 9.17) is 4.74 Å². The van der Waals surface area contributed by atoms with E-state index in [-0.39, 0.29) is 17.8 Å². The topological polar surface area (TPSA) is 67.6 Å². The second kappa shape index (κ2) is 8.37. The van der Waals surface area contributed by atoms with E-state index in [2.05, 4.69) is 16.9 Å². The summed E-state index contributed by atoms with van der Waals surface area (Å²) in [5.41, 5.74) is 1.46. The summed E-state index contributed by atoms with van der Waals surface area (Å²) in [6, 6.07) is 11.0. The van der Waals surface area contributed by atoms with Crippen LogP contribution in [0.2, 0.25) is 0 Å². The Morgan fingerprint density at radius 3 is 2.61 bits per heavy atom. The summed E-state index contributed by atoms with van der Waals surface area (Å²) in [4.78, 5) is 21.1. The van der Waals surface area contributed by atoms with Crippen LogP contribution in [0, 0.1) is 0 Å². The largest absolute Gasteiger partial charge is 0.490 e. The Balaban J connectivity index is 1.32. The summed E-state index contributed by atoms with van der Waals surface area (Å²) in [6.07, 6.45) is 7.69. The van der Waals surface area contributed by atoms with Gasteiger partial charge in [-0.3, -0.25) is 9.36 Å². The zero-order chi connectivity index (χ0) is 21.5. The van der Waals surface area contributed by atoms with E-state index in [1.807, 2.05) is 30.3 Å². The smallest absolute Gasteiger partial charge is 0.275 e. The predicted molar refractivity (Wildman–Crippen MR) is 123 cm³/mol. The van der Waals surface area contributed by atoms with Crippen LogP contribution >= 0.6 is 11.3 Å². The highest BCUT2D eigenvalue weighted by molar-refractivity contribution is 7.18. The number of benzene rings is 1. The molecule has 31 heavy (non-hydrogen) atoms. The molecule has 164 valence electrons. The molecule has 0 spiro atoms. The minimum atomic E-state index is -0.347. The first-order valence-electron chi connectivity index (χ1n) is 11.1. The van der Waals surface area contributed by atoms with Gasteiger partial charge >= 0.3 is 0 Å². The van der Waals surface area contributed by atoms with Gasteiger partial charge in [-0.05, 0) is 82.8 Å². The molecule has 4 heterocycles. The van der Waals surface area contributed by atoms with E-state index in [1.54, 1.807) is 17.8 Å². The molecule has 0 amide bonds. The molecule has 1 N–H and O–H groups in total. The number of nitrogens with zero attached hydrogens (tertiary/aromatic N) is 3. The molecular formula is C24H29N3O3S. The molecule has 2 fully saturated rings. The van der Waals surface area contributed by atoms with Crippen LogP contribution in [0.4, 0.5) is 0 Å². The van der Waals surface area contributed by atoms with Gasteiger partial charge in [-0.1, -0.05) is 0 Å². The molecule has 0 aliphatic carbocycles. The van der Waals surface area contributed by atoms with E-state index in [0.29, 0.717) is 23.2 Å². The van der Waals surface area contributed by atoms with Crippen molar-refractivity contribution in [3.05, 3.63) is 51.9 Å². The number of ether oxygens (including phenoxy) is 1. The first-order valence-corrected chi connectivity index (χ1v) is 12.0. The SMILES string of the molecule is CC(O)CCc1cc2ncn(-c3ccc(O[C@H]4C[C@H]5CC[C@@H](C4)N5C)cc3)c(=O)c2s1. The first kappa shape index (κ1) is 20.7. The quantitative estimate of drug-likeness (QED) is 0.633. The van der Waals surface area contributed by atoms with Gasteiger partial charge in [-0.25, -0.2) is 4.98 Å². The fourth-order valence-corrected chi connectivity index (χ4v) is 6.01. The maximum Gasteiger partial charge on any atom is 0.275 e. The second-order valence-corrected chi connectivity index (χ2v) is 10.1. The van der Waals surface area contributed by atoms with E-state index in [0.717, 1.165) is 41.1 Å². The maximum atomic E-state index is 13.0. The fraction of sp³-hybridized carbons (Fsp3) is 0.500. The minimum Gasteiger partial charge on any atom is -0.490 e. The molecule has 3 aromatic rings. The van der Waals surface area contributed by atoms with Crippen LogP contribution in [0.1, 0.15) is 43.9 Å². The molecule has 0 radical (unpaired) electrons. The molecule has 1 unspecified atom stereocenters. The Labute approximate surface area is 186 Å². The number of rotatable bonds is 6. The molecule has 6 nitrogen and oxygen atoms in total.